The Balaban J connectivity index is 0.00000280. The molecular formula is C21H26ClN3O2S. The summed E-state index contributed by atoms with van der Waals surface area (Å²) < 4.78 is 6.33. The third-order valence-corrected chi connectivity index (χ3v) is 5.40. The molecule has 3 rings (SSSR count). The second-order valence-electron chi connectivity index (χ2n) is 6.81. The van der Waals surface area contributed by atoms with Gasteiger partial charge >= 0.3 is 0 Å². The van der Waals surface area contributed by atoms with Crippen LogP contribution in [0.5, 0.6) is 5.75 Å². The molecule has 0 atom stereocenters. The minimum absolute atomic E-state index is 0. The number of rotatable bonds is 7. The zero-order chi connectivity index (χ0) is 19.4. The van der Waals surface area contributed by atoms with Gasteiger partial charge in [-0.3, -0.25) is 9.69 Å². The van der Waals surface area contributed by atoms with Crippen molar-refractivity contribution in [3.63, 3.8) is 0 Å². The van der Waals surface area contributed by atoms with E-state index in [1.54, 1.807) is 12.0 Å². The van der Waals surface area contributed by atoms with Crippen LogP contribution in [0.1, 0.15) is 22.3 Å². The topological polar surface area (TPSA) is 45.7 Å². The number of hydrogen-bond donors (Lipinski definition) is 0. The van der Waals surface area contributed by atoms with Crippen LogP contribution in [0.15, 0.2) is 42.5 Å². The van der Waals surface area contributed by atoms with Gasteiger partial charge in [-0.15, -0.1) is 12.4 Å². The van der Waals surface area contributed by atoms with Crippen LogP contribution in [0.25, 0.3) is 10.2 Å². The van der Waals surface area contributed by atoms with E-state index in [1.165, 1.54) is 11.3 Å². The van der Waals surface area contributed by atoms with Crippen LogP contribution in [-0.2, 0) is 0 Å². The Morgan fingerprint density at radius 2 is 1.82 bits per heavy atom. The van der Waals surface area contributed by atoms with Gasteiger partial charge < -0.3 is 9.64 Å². The van der Waals surface area contributed by atoms with E-state index in [4.69, 9.17) is 9.72 Å². The number of nitrogens with zero attached hydrogens (tertiary/aromatic N) is 3. The van der Waals surface area contributed by atoms with E-state index in [0.717, 1.165) is 39.6 Å². The lowest BCUT2D eigenvalue weighted by Crippen LogP contribution is -2.33. The van der Waals surface area contributed by atoms with Crippen LogP contribution < -0.4 is 9.64 Å². The number of anilines is 1. The minimum Gasteiger partial charge on any atom is -0.497 e. The first-order valence-electron chi connectivity index (χ1n) is 8.96. The van der Waals surface area contributed by atoms with Crippen LogP contribution >= 0.6 is 23.7 Å². The number of aryl methyl sites for hydroxylation is 1. The van der Waals surface area contributed by atoms with Gasteiger partial charge in [0.2, 0.25) is 0 Å². The largest absolute Gasteiger partial charge is 0.497 e. The van der Waals surface area contributed by atoms with E-state index in [9.17, 15) is 4.79 Å². The smallest absolute Gasteiger partial charge is 0.260 e. The van der Waals surface area contributed by atoms with Crippen molar-refractivity contribution in [2.75, 3.05) is 39.2 Å². The molecule has 0 fully saturated rings. The van der Waals surface area contributed by atoms with E-state index in [2.05, 4.69) is 4.90 Å². The fraction of sp³-hybridized carbons (Fsp3) is 0.333. The molecule has 0 aliphatic heterocycles. The first-order chi connectivity index (χ1) is 13.0. The molecule has 2 aromatic carbocycles. The SMILES string of the molecule is COc1ccc2sc(N(CCCN(C)C)C(=O)c3ccc(C)cc3)nc2c1.Cl. The van der Waals surface area contributed by atoms with Gasteiger partial charge in [-0.2, -0.15) is 0 Å². The molecule has 0 aliphatic rings. The highest BCUT2D eigenvalue weighted by Gasteiger charge is 2.21. The molecule has 1 amide bonds. The number of ether oxygens (including phenoxy) is 1. The Bertz CT molecular complexity index is 925. The number of carbonyl (C=O) groups is 1. The van der Waals surface area contributed by atoms with E-state index in [0.29, 0.717) is 12.1 Å². The number of carbonyl (C=O) groups excluding carboxylic acids is 1. The first kappa shape index (κ1) is 22.1. The summed E-state index contributed by atoms with van der Waals surface area (Å²) in [6, 6.07) is 13.5. The maximum atomic E-state index is 13.2. The summed E-state index contributed by atoms with van der Waals surface area (Å²) >= 11 is 1.53. The average Bonchev–Trinajstić information content (AvgIpc) is 3.07. The van der Waals surface area contributed by atoms with E-state index < -0.39 is 0 Å². The number of aromatic nitrogens is 1. The quantitative estimate of drug-likeness (QED) is 0.560. The lowest BCUT2D eigenvalue weighted by molar-refractivity contribution is 0.0986. The highest BCUT2D eigenvalue weighted by Crippen LogP contribution is 2.32. The van der Waals surface area contributed by atoms with Crippen molar-refractivity contribution in [1.29, 1.82) is 0 Å². The van der Waals surface area contributed by atoms with Crippen molar-refractivity contribution in [3.8, 4) is 5.75 Å². The van der Waals surface area contributed by atoms with Crippen molar-refractivity contribution in [1.82, 2.24) is 9.88 Å². The van der Waals surface area contributed by atoms with Crippen molar-refractivity contribution >= 4 is 45.0 Å². The zero-order valence-electron chi connectivity index (χ0n) is 16.6. The maximum Gasteiger partial charge on any atom is 0.260 e. The highest BCUT2D eigenvalue weighted by molar-refractivity contribution is 7.22. The van der Waals surface area contributed by atoms with Gasteiger partial charge in [-0.25, -0.2) is 4.98 Å². The Labute approximate surface area is 176 Å². The summed E-state index contributed by atoms with van der Waals surface area (Å²) in [7, 11) is 5.72. The molecule has 0 aliphatic carbocycles. The molecule has 28 heavy (non-hydrogen) atoms. The molecule has 3 aromatic rings. The molecule has 150 valence electrons. The number of benzene rings is 2. The van der Waals surface area contributed by atoms with Gasteiger partial charge in [0.1, 0.15) is 5.75 Å². The van der Waals surface area contributed by atoms with E-state index in [-0.39, 0.29) is 18.3 Å². The Morgan fingerprint density at radius 3 is 2.46 bits per heavy atom. The van der Waals surface area contributed by atoms with Crippen LogP contribution in [0.3, 0.4) is 0 Å². The third kappa shape index (κ3) is 5.22. The molecule has 0 bridgehead atoms. The summed E-state index contributed by atoms with van der Waals surface area (Å²) in [6.07, 6.45) is 0.879. The lowest BCUT2D eigenvalue weighted by atomic mass is 10.1. The van der Waals surface area contributed by atoms with Crippen molar-refractivity contribution in [2.45, 2.75) is 13.3 Å². The number of hydrogen-bond acceptors (Lipinski definition) is 5. The summed E-state index contributed by atoms with van der Waals surface area (Å²) in [5.74, 6) is 0.753. The first-order valence-corrected chi connectivity index (χ1v) is 9.77. The molecule has 1 aromatic heterocycles. The average molecular weight is 420 g/mol. The highest BCUT2D eigenvalue weighted by atomic mass is 35.5. The van der Waals surface area contributed by atoms with E-state index >= 15 is 0 Å². The molecule has 0 unspecified atom stereocenters. The standard InChI is InChI=1S/C21H25N3O2S.ClH/c1-15-6-8-16(9-7-15)20(25)24(13-5-12-23(2)3)21-22-18-14-17(26-4)10-11-19(18)27-21;/h6-11,14H,5,12-13H2,1-4H3;1H. The Morgan fingerprint density at radius 1 is 1.11 bits per heavy atom. The number of methoxy groups -OCH3 is 1. The molecular weight excluding hydrogens is 394 g/mol. The monoisotopic (exact) mass is 419 g/mol. The molecule has 0 radical (unpaired) electrons. The minimum atomic E-state index is -0.0141. The van der Waals surface area contributed by atoms with Gasteiger partial charge in [0.05, 0.1) is 17.3 Å². The van der Waals surface area contributed by atoms with Gasteiger partial charge in [0, 0.05) is 18.2 Å². The van der Waals surface area contributed by atoms with Gasteiger partial charge in [0.15, 0.2) is 5.13 Å². The summed E-state index contributed by atoms with van der Waals surface area (Å²) in [5, 5.41) is 0.725. The molecule has 0 N–H and O–H groups in total. The van der Waals surface area contributed by atoms with Gasteiger partial charge in [0.25, 0.3) is 5.91 Å². The number of halogens is 1. The summed E-state index contributed by atoms with van der Waals surface area (Å²) in [6.45, 7) is 3.56. The third-order valence-electron chi connectivity index (χ3n) is 4.35. The molecule has 5 nitrogen and oxygen atoms in total. The molecule has 7 heteroatoms. The summed E-state index contributed by atoms with van der Waals surface area (Å²) in [4.78, 5) is 21.8. The molecule has 1 heterocycles. The fourth-order valence-corrected chi connectivity index (χ4v) is 3.79. The van der Waals surface area contributed by atoms with Gasteiger partial charge in [-0.1, -0.05) is 29.0 Å². The molecule has 0 saturated carbocycles. The predicted molar refractivity (Wildman–Crippen MR) is 119 cm³/mol. The zero-order valence-corrected chi connectivity index (χ0v) is 18.3. The predicted octanol–water partition coefficient (Wildman–Crippen LogP) is 4.63. The second-order valence-corrected chi connectivity index (χ2v) is 7.82. The van der Waals surface area contributed by atoms with Crippen LogP contribution in [0.2, 0.25) is 0 Å². The Hall–Kier alpha value is -2.15. The maximum absolute atomic E-state index is 13.2. The van der Waals surface area contributed by atoms with Crippen LogP contribution in [-0.4, -0.2) is 50.1 Å². The number of thiazole rings is 1. The fourth-order valence-electron chi connectivity index (χ4n) is 2.82. The normalized spacial score (nSPS) is 10.8. The molecule has 0 spiro atoms. The second kappa shape index (κ2) is 9.87. The lowest BCUT2D eigenvalue weighted by Gasteiger charge is -2.21. The number of fused-ring (bicyclic) bond motifs is 1. The molecule has 0 saturated heterocycles. The van der Waals surface area contributed by atoms with Crippen molar-refractivity contribution in [3.05, 3.63) is 53.6 Å². The van der Waals surface area contributed by atoms with Gasteiger partial charge in [-0.05, 0) is 58.3 Å². The van der Waals surface area contributed by atoms with Crippen molar-refractivity contribution in [2.24, 2.45) is 0 Å². The number of amides is 1. The van der Waals surface area contributed by atoms with Crippen LogP contribution in [0.4, 0.5) is 5.13 Å². The van der Waals surface area contributed by atoms with Crippen molar-refractivity contribution < 1.29 is 9.53 Å². The Kier molecular flexibility index (Phi) is 7.80. The van der Waals surface area contributed by atoms with E-state index in [1.807, 2.05) is 63.5 Å². The van der Waals surface area contributed by atoms with Crippen LogP contribution in [0, 0.1) is 6.92 Å². The summed E-state index contributed by atoms with van der Waals surface area (Å²) in [5.41, 5.74) is 2.67.